The predicted octanol–water partition coefficient (Wildman–Crippen LogP) is 4.53. The van der Waals surface area contributed by atoms with Crippen molar-refractivity contribution in [3.63, 3.8) is 0 Å². The number of nitrogens with one attached hydrogen (secondary N) is 2. The van der Waals surface area contributed by atoms with Crippen LogP contribution in [0, 0.1) is 6.92 Å². The molecule has 150 valence electrons. The average Bonchev–Trinajstić information content (AvgIpc) is 3.44. The van der Waals surface area contributed by atoms with Gasteiger partial charge in [-0.05, 0) is 67.1 Å². The molecule has 0 aliphatic carbocycles. The zero-order valence-corrected chi connectivity index (χ0v) is 17.0. The summed E-state index contributed by atoms with van der Waals surface area (Å²) in [5, 5.41) is 9.90. The van der Waals surface area contributed by atoms with E-state index in [0.29, 0.717) is 29.6 Å². The Balaban J connectivity index is 1.30. The maximum absolute atomic E-state index is 12.7. The van der Waals surface area contributed by atoms with Crippen molar-refractivity contribution >= 4 is 22.9 Å². The van der Waals surface area contributed by atoms with Crippen molar-refractivity contribution in [2.45, 2.75) is 6.92 Å². The van der Waals surface area contributed by atoms with Gasteiger partial charge in [-0.3, -0.25) is 9.89 Å². The smallest absolute Gasteiger partial charge is 0.265 e. The number of aryl methyl sites for hydroxylation is 1. The van der Waals surface area contributed by atoms with E-state index >= 15 is 0 Å². The van der Waals surface area contributed by atoms with E-state index in [1.165, 1.54) is 11.3 Å². The molecule has 0 atom stereocenters. The molecule has 5 rings (SSSR count). The number of carbonyl (C=O) groups excluding carboxylic acids is 1. The Hall–Kier alpha value is -3.65. The zero-order chi connectivity index (χ0) is 20.5. The first-order valence-corrected chi connectivity index (χ1v) is 10.3. The van der Waals surface area contributed by atoms with Crippen LogP contribution >= 0.6 is 11.3 Å². The average molecular weight is 418 g/mol. The van der Waals surface area contributed by atoms with E-state index < -0.39 is 0 Å². The van der Waals surface area contributed by atoms with E-state index in [-0.39, 0.29) is 5.91 Å². The van der Waals surface area contributed by atoms with E-state index in [1.54, 1.807) is 0 Å². The molecule has 3 heterocycles. The van der Waals surface area contributed by atoms with Crippen LogP contribution in [-0.2, 0) is 0 Å². The number of H-pyrrole nitrogens is 1. The molecular formula is C22H18N4O3S. The van der Waals surface area contributed by atoms with Gasteiger partial charge in [-0.25, -0.2) is 4.98 Å². The summed E-state index contributed by atoms with van der Waals surface area (Å²) >= 11 is 1.43. The highest BCUT2D eigenvalue weighted by Crippen LogP contribution is 2.37. The van der Waals surface area contributed by atoms with Crippen molar-refractivity contribution in [3.05, 3.63) is 65.3 Å². The molecule has 1 amide bonds. The first-order valence-electron chi connectivity index (χ1n) is 9.46. The van der Waals surface area contributed by atoms with Crippen molar-refractivity contribution in [2.24, 2.45) is 0 Å². The number of aromatic nitrogens is 3. The van der Waals surface area contributed by atoms with Gasteiger partial charge in [-0.15, -0.1) is 11.3 Å². The lowest BCUT2D eigenvalue weighted by Crippen LogP contribution is -2.15. The molecular weight excluding hydrogens is 400 g/mol. The van der Waals surface area contributed by atoms with E-state index in [0.717, 1.165) is 33.3 Å². The number of ether oxygens (including phenoxy) is 2. The third kappa shape index (κ3) is 3.65. The third-order valence-electron chi connectivity index (χ3n) is 4.65. The number of hydrogen-bond acceptors (Lipinski definition) is 6. The minimum atomic E-state index is -0.148. The van der Waals surface area contributed by atoms with Gasteiger partial charge in [0.15, 0.2) is 17.3 Å². The highest BCUT2D eigenvalue weighted by atomic mass is 32.1. The van der Waals surface area contributed by atoms with Crippen molar-refractivity contribution in [1.29, 1.82) is 0 Å². The lowest BCUT2D eigenvalue weighted by molar-refractivity contribution is 0.103. The van der Waals surface area contributed by atoms with Crippen LogP contribution in [0.1, 0.15) is 15.5 Å². The first kappa shape index (κ1) is 18.4. The van der Waals surface area contributed by atoms with E-state index in [2.05, 4.69) is 20.5 Å². The Morgan fingerprint density at radius 3 is 2.53 bits per heavy atom. The molecule has 1 aliphatic rings. The minimum absolute atomic E-state index is 0.148. The quantitative estimate of drug-likeness (QED) is 0.508. The fraction of sp³-hybridized carbons (Fsp3) is 0.136. The molecule has 0 bridgehead atoms. The lowest BCUT2D eigenvalue weighted by Gasteiger charge is -2.18. The number of thiophene rings is 1. The minimum Gasteiger partial charge on any atom is -0.486 e. The van der Waals surface area contributed by atoms with Gasteiger partial charge in [0.25, 0.3) is 5.91 Å². The molecule has 8 heteroatoms. The second kappa shape index (κ2) is 7.64. The van der Waals surface area contributed by atoms with Crippen LogP contribution in [-0.4, -0.2) is 34.3 Å². The van der Waals surface area contributed by atoms with Gasteiger partial charge in [0.2, 0.25) is 0 Å². The van der Waals surface area contributed by atoms with Gasteiger partial charge in [0.05, 0.1) is 4.88 Å². The van der Waals surface area contributed by atoms with E-state index in [4.69, 9.17) is 9.47 Å². The summed E-state index contributed by atoms with van der Waals surface area (Å²) in [6, 6.07) is 17.1. The number of aromatic amines is 1. The third-order valence-corrected chi connectivity index (χ3v) is 5.79. The van der Waals surface area contributed by atoms with Crippen LogP contribution in [0.3, 0.4) is 0 Å². The Bertz CT molecular complexity index is 1210. The number of nitrogens with zero attached hydrogens (tertiary/aromatic N) is 2. The highest BCUT2D eigenvalue weighted by molar-refractivity contribution is 7.17. The number of rotatable bonds is 4. The van der Waals surface area contributed by atoms with Gasteiger partial charge in [-0.1, -0.05) is 0 Å². The first-order chi connectivity index (χ1) is 14.7. The SMILES string of the molecule is Cc1nc(-c2ccc(NC(=O)c3ccc(-c4ccc5c(c4)OCCO5)s3)cc2)n[nH]1. The van der Waals surface area contributed by atoms with E-state index in [9.17, 15) is 4.79 Å². The monoisotopic (exact) mass is 418 g/mol. The van der Waals surface area contributed by atoms with Gasteiger partial charge in [0.1, 0.15) is 19.0 Å². The molecule has 30 heavy (non-hydrogen) atoms. The molecule has 0 saturated heterocycles. The molecule has 4 aromatic rings. The molecule has 0 unspecified atom stereocenters. The standard InChI is InChI=1S/C22H18N4O3S/c1-13-23-21(26-25-13)14-2-5-16(6-3-14)24-22(27)20-9-8-19(30-20)15-4-7-17-18(12-15)29-11-10-28-17/h2-9,12H,10-11H2,1H3,(H,24,27)(H,23,25,26). The van der Waals surface area contributed by atoms with Crippen LogP contribution in [0.5, 0.6) is 11.5 Å². The van der Waals surface area contributed by atoms with Crippen molar-refractivity contribution in [2.75, 3.05) is 18.5 Å². The molecule has 7 nitrogen and oxygen atoms in total. The number of benzene rings is 2. The summed E-state index contributed by atoms with van der Waals surface area (Å²) in [6.45, 7) is 2.96. The number of anilines is 1. The molecule has 2 aromatic heterocycles. The lowest BCUT2D eigenvalue weighted by atomic mass is 10.1. The van der Waals surface area contributed by atoms with Gasteiger partial charge in [-0.2, -0.15) is 5.10 Å². The van der Waals surface area contributed by atoms with Gasteiger partial charge in [0, 0.05) is 16.1 Å². The fourth-order valence-electron chi connectivity index (χ4n) is 3.18. The second-order valence-corrected chi connectivity index (χ2v) is 7.88. The molecule has 2 aromatic carbocycles. The number of fused-ring (bicyclic) bond motifs is 1. The fourth-order valence-corrected chi connectivity index (χ4v) is 4.08. The Morgan fingerprint density at radius 2 is 1.77 bits per heavy atom. The maximum Gasteiger partial charge on any atom is 0.265 e. The summed E-state index contributed by atoms with van der Waals surface area (Å²) in [5.74, 6) is 2.73. The molecule has 0 saturated carbocycles. The summed E-state index contributed by atoms with van der Waals surface area (Å²) in [6.07, 6.45) is 0. The Labute approximate surface area is 176 Å². The van der Waals surface area contributed by atoms with Crippen molar-refractivity contribution in [1.82, 2.24) is 15.2 Å². The van der Waals surface area contributed by atoms with Crippen LogP contribution in [0.15, 0.2) is 54.6 Å². The topological polar surface area (TPSA) is 89.1 Å². The maximum atomic E-state index is 12.7. The zero-order valence-electron chi connectivity index (χ0n) is 16.1. The largest absolute Gasteiger partial charge is 0.486 e. The Kier molecular flexibility index (Phi) is 4.68. The number of carbonyl (C=O) groups is 1. The number of hydrogen-bond donors (Lipinski definition) is 2. The van der Waals surface area contributed by atoms with Gasteiger partial charge < -0.3 is 14.8 Å². The Morgan fingerprint density at radius 1 is 1.00 bits per heavy atom. The summed E-state index contributed by atoms with van der Waals surface area (Å²) in [4.78, 5) is 18.6. The molecule has 1 aliphatic heterocycles. The summed E-state index contributed by atoms with van der Waals surface area (Å²) < 4.78 is 11.2. The second-order valence-electron chi connectivity index (χ2n) is 6.80. The molecule has 0 spiro atoms. The van der Waals surface area contributed by atoms with Crippen LogP contribution in [0.2, 0.25) is 0 Å². The normalized spacial score (nSPS) is 12.6. The summed E-state index contributed by atoms with van der Waals surface area (Å²) in [5.41, 5.74) is 2.59. The molecule has 0 radical (unpaired) electrons. The highest BCUT2D eigenvalue weighted by Gasteiger charge is 2.15. The number of amides is 1. The predicted molar refractivity (Wildman–Crippen MR) is 115 cm³/mol. The van der Waals surface area contributed by atoms with Gasteiger partial charge >= 0.3 is 0 Å². The summed E-state index contributed by atoms with van der Waals surface area (Å²) in [7, 11) is 0. The van der Waals surface area contributed by atoms with Crippen LogP contribution in [0.4, 0.5) is 5.69 Å². The molecule has 0 fully saturated rings. The van der Waals surface area contributed by atoms with Crippen molar-refractivity contribution in [3.8, 4) is 33.3 Å². The van der Waals surface area contributed by atoms with Crippen LogP contribution in [0.25, 0.3) is 21.8 Å². The molecule has 2 N–H and O–H groups in total. The van der Waals surface area contributed by atoms with Crippen LogP contribution < -0.4 is 14.8 Å². The van der Waals surface area contributed by atoms with E-state index in [1.807, 2.05) is 61.5 Å². The van der Waals surface area contributed by atoms with Crippen molar-refractivity contribution < 1.29 is 14.3 Å².